The van der Waals surface area contributed by atoms with Crippen LogP contribution in [0.3, 0.4) is 0 Å². The Bertz CT molecular complexity index is 1090. The standard InChI is InChI=1S/C26H29N5O2/c32-25-14-22(18-31(25)17-20-7-4-10-27-16-20)26(33)30-11-8-21(9-12-30)24-15-23(28-29-24)13-19-5-2-1-3-6-19/h1-7,10,15-16,21-22H,8-9,11-14,17-18H2,(H,28,29). The molecule has 1 unspecified atom stereocenters. The molecule has 1 aromatic carbocycles. The maximum atomic E-state index is 13.1. The van der Waals surface area contributed by atoms with Gasteiger partial charge in [0, 0.05) is 63.0 Å². The van der Waals surface area contributed by atoms with Crippen molar-refractivity contribution in [3.05, 3.63) is 83.4 Å². The van der Waals surface area contributed by atoms with Gasteiger partial charge in [-0.15, -0.1) is 0 Å². The summed E-state index contributed by atoms with van der Waals surface area (Å²) in [6.45, 7) is 2.45. The van der Waals surface area contributed by atoms with Crippen LogP contribution >= 0.6 is 0 Å². The van der Waals surface area contributed by atoms with Crippen molar-refractivity contribution in [1.82, 2.24) is 25.0 Å². The number of piperidine rings is 1. The van der Waals surface area contributed by atoms with Crippen molar-refractivity contribution in [2.75, 3.05) is 19.6 Å². The molecule has 5 rings (SSSR count). The van der Waals surface area contributed by atoms with Gasteiger partial charge in [0.25, 0.3) is 0 Å². The van der Waals surface area contributed by atoms with Gasteiger partial charge in [-0.05, 0) is 36.1 Å². The number of nitrogens with zero attached hydrogens (tertiary/aromatic N) is 4. The molecule has 7 heteroatoms. The normalized spacial score (nSPS) is 19.3. The van der Waals surface area contributed by atoms with Crippen LogP contribution in [0.25, 0.3) is 0 Å². The zero-order valence-corrected chi connectivity index (χ0v) is 18.7. The lowest BCUT2D eigenvalue weighted by molar-refractivity contribution is -0.136. The first-order chi connectivity index (χ1) is 16.2. The molecule has 2 aliphatic rings. The van der Waals surface area contributed by atoms with Crippen molar-refractivity contribution in [2.24, 2.45) is 5.92 Å². The molecule has 1 atom stereocenters. The van der Waals surface area contributed by atoms with E-state index in [-0.39, 0.29) is 17.7 Å². The van der Waals surface area contributed by atoms with E-state index in [1.165, 1.54) is 5.56 Å². The first-order valence-electron chi connectivity index (χ1n) is 11.7. The van der Waals surface area contributed by atoms with E-state index in [1.807, 2.05) is 23.1 Å². The van der Waals surface area contributed by atoms with E-state index >= 15 is 0 Å². The van der Waals surface area contributed by atoms with Crippen LogP contribution in [0.5, 0.6) is 0 Å². The van der Waals surface area contributed by atoms with E-state index in [4.69, 9.17) is 0 Å². The van der Waals surface area contributed by atoms with Crippen molar-refractivity contribution in [3.8, 4) is 0 Å². The smallest absolute Gasteiger partial charge is 0.227 e. The molecule has 33 heavy (non-hydrogen) atoms. The zero-order valence-electron chi connectivity index (χ0n) is 18.7. The molecule has 2 amide bonds. The third kappa shape index (κ3) is 4.97. The predicted octanol–water partition coefficient (Wildman–Crippen LogP) is 3.15. The number of pyridine rings is 1. The molecule has 4 heterocycles. The molecule has 2 aromatic heterocycles. The summed E-state index contributed by atoms with van der Waals surface area (Å²) in [5.41, 5.74) is 4.46. The number of aromatic nitrogens is 3. The highest BCUT2D eigenvalue weighted by Crippen LogP contribution is 2.30. The number of amides is 2. The Kier molecular flexibility index (Phi) is 6.19. The number of H-pyrrole nitrogens is 1. The van der Waals surface area contributed by atoms with Crippen LogP contribution in [0.4, 0.5) is 0 Å². The Labute approximate surface area is 193 Å². The highest BCUT2D eigenvalue weighted by atomic mass is 16.2. The van der Waals surface area contributed by atoms with Gasteiger partial charge in [0.2, 0.25) is 11.8 Å². The van der Waals surface area contributed by atoms with Gasteiger partial charge in [0.15, 0.2) is 0 Å². The third-order valence-corrected chi connectivity index (χ3v) is 6.77. The van der Waals surface area contributed by atoms with E-state index in [9.17, 15) is 9.59 Å². The summed E-state index contributed by atoms with van der Waals surface area (Å²) in [5, 5.41) is 7.74. The minimum Gasteiger partial charge on any atom is -0.342 e. The molecule has 0 bridgehead atoms. The molecule has 2 fully saturated rings. The van der Waals surface area contributed by atoms with Crippen molar-refractivity contribution in [3.63, 3.8) is 0 Å². The number of aromatic amines is 1. The largest absolute Gasteiger partial charge is 0.342 e. The quantitative estimate of drug-likeness (QED) is 0.635. The van der Waals surface area contributed by atoms with Crippen molar-refractivity contribution in [2.45, 2.75) is 38.1 Å². The van der Waals surface area contributed by atoms with E-state index < -0.39 is 0 Å². The molecule has 0 aliphatic carbocycles. The molecule has 0 radical (unpaired) electrons. The lowest BCUT2D eigenvalue weighted by Crippen LogP contribution is -2.42. The van der Waals surface area contributed by atoms with Gasteiger partial charge in [0.05, 0.1) is 11.6 Å². The minimum atomic E-state index is -0.242. The van der Waals surface area contributed by atoms with Gasteiger partial charge in [-0.3, -0.25) is 19.7 Å². The lowest BCUT2D eigenvalue weighted by Gasteiger charge is -2.32. The molecule has 2 aliphatic heterocycles. The Balaban J connectivity index is 1.13. The van der Waals surface area contributed by atoms with Crippen molar-refractivity contribution < 1.29 is 9.59 Å². The average Bonchev–Trinajstić information content (AvgIpc) is 3.47. The number of likely N-dealkylation sites (tertiary alicyclic amines) is 2. The highest BCUT2D eigenvalue weighted by Gasteiger charge is 2.37. The maximum Gasteiger partial charge on any atom is 0.227 e. The third-order valence-electron chi connectivity index (χ3n) is 6.77. The number of hydrogen-bond donors (Lipinski definition) is 1. The second kappa shape index (κ2) is 9.57. The van der Waals surface area contributed by atoms with Crippen LogP contribution in [0, 0.1) is 5.92 Å². The second-order valence-electron chi connectivity index (χ2n) is 9.12. The predicted molar refractivity (Wildman–Crippen MR) is 124 cm³/mol. The van der Waals surface area contributed by atoms with E-state index in [0.29, 0.717) is 25.4 Å². The Morgan fingerprint density at radius 2 is 1.85 bits per heavy atom. The van der Waals surface area contributed by atoms with Crippen molar-refractivity contribution in [1.29, 1.82) is 0 Å². The topological polar surface area (TPSA) is 82.2 Å². The first-order valence-corrected chi connectivity index (χ1v) is 11.7. The van der Waals surface area contributed by atoms with Gasteiger partial charge >= 0.3 is 0 Å². The molecule has 2 saturated heterocycles. The fourth-order valence-electron chi connectivity index (χ4n) is 4.95. The fourth-order valence-corrected chi connectivity index (χ4v) is 4.95. The molecule has 0 spiro atoms. The molecule has 1 N–H and O–H groups in total. The van der Waals surface area contributed by atoms with Crippen LogP contribution in [0.1, 0.15) is 47.7 Å². The van der Waals surface area contributed by atoms with Crippen LogP contribution in [0.15, 0.2) is 60.9 Å². The molecule has 7 nitrogen and oxygen atoms in total. The van der Waals surface area contributed by atoms with Gasteiger partial charge in [0.1, 0.15) is 0 Å². The van der Waals surface area contributed by atoms with Crippen LogP contribution in [-0.4, -0.2) is 56.4 Å². The monoisotopic (exact) mass is 443 g/mol. The van der Waals surface area contributed by atoms with Gasteiger partial charge in [-0.2, -0.15) is 5.10 Å². The minimum absolute atomic E-state index is 0.0505. The summed E-state index contributed by atoms with van der Waals surface area (Å²) < 4.78 is 0. The molecular weight excluding hydrogens is 414 g/mol. The highest BCUT2D eigenvalue weighted by molar-refractivity contribution is 5.89. The Morgan fingerprint density at radius 1 is 1.06 bits per heavy atom. The Morgan fingerprint density at radius 3 is 2.61 bits per heavy atom. The fraction of sp³-hybridized carbons (Fsp3) is 0.385. The summed E-state index contributed by atoms with van der Waals surface area (Å²) in [7, 11) is 0. The summed E-state index contributed by atoms with van der Waals surface area (Å²) in [6.07, 6.45) is 6.45. The van der Waals surface area contributed by atoms with E-state index in [2.05, 4.69) is 45.5 Å². The van der Waals surface area contributed by atoms with Gasteiger partial charge < -0.3 is 9.80 Å². The molecule has 170 valence electrons. The molecular formula is C26H29N5O2. The Hall–Kier alpha value is -3.48. The average molecular weight is 444 g/mol. The summed E-state index contributed by atoms with van der Waals surface area (Å²) in [6, 6.07) is 16.4. The van der Waals surface area contributed by atoms with Crippen LogP contribution < -0.4 is 0 Å². The number of carbonyl (C=O) groups is 2. The van der Waals surface area contributed by atoms with Crippen molar-refractivity contribution >= 4 is 11.8 Å². The number of rotatable bonds is 6. The summed E-state index contributed by atoms with van der Waals surface area (Å²) in [4.78, 5) is 33.4. The zero-order chi connectivity index (χ0) is 22.6. The number of carbonyl (C=O) groups excluding carboxylic acids is 2. The molecule has 0 saturated carbocycles. The number of benzene rings is 1. The second-order valence-corrected chi connectivity index (χ2v) is 9.12. The van der Waals surface area contributed by atoms with Crippen LogP contribution in [-0.2, 0) is 22.6 Å². The van der Waals surface area contributed by atoms with E-state index in [0.717, 1.165) is 49.3 Å². The maximum absolute atomic E-state index is 13.1. The van der Waals surface area contributed by atoms with Gasteiger partial charge in [-0.25, -0.2) is 0 Å². The SMILES string of the molecule is O=C1CC(C(=O)N2CCC(c3cc(Cc4ccccc4)[nH]n3)CC2)CN1Cc1cccnc1. The molecule has 3 aromatic rings. The number of nitrogens with one attached hydrogen (secondary N) is 1. The summed E-state index contributed by atoms with van der Waals surface area (Å²) >= 11 is 0. The summed E-state index contributed by atoms with van der Waals surface area (Å²) in [5.74, 6) is 0.285. The number of hydrogen-bond acceptors (Lipinski definition) is 4. The van der Waals surface area contributed by atoms with Crippen LogP contribution in [0.2, 0.25) is 0 Å². The van der Waals surface area contributed by atoms with Gasteiger partial charge in [-0.1, -0.05) is 36.4 Å². The lowest BCUT2D eigenvalue weighted by atomic mass is 9.92. The van der Waals surface area contributed by atoms with E-state index in [1.54, 1.807) is 17.3 Å². The first kappa shape index (κ1) is 21.4.